The van der Waals surface area contributed by atoms with Crippen LogP contribution in [0.25, 0.3) is 0 Å². The number of carbonyl (C=O) groups is 1. The van der Waals surface area contributed by atoms with Crippen molar-refractivity contribution < 1.29 is 4.79 Å². The number of likely N-dealkylation sites (N-methyl/N-ethyl adjacent to an activating group) is 1. The lowest BCUT2D eigenvalue weighted by molar-refractivity contribution is -0.131. The second-order valence-corrected chi connectivity index (χ2v) is 5.47. The van der Waals surface area contributed by atoms with Gasteiger partial charge in [0.2, 0.25) is 5.91 Å². The first-order chi connectivity index (χ1) is 8.25. The molecule has 0 aromatic heterocycles. The van der Waals surface area contributed by atoms with Crippen LogP contribution in [0, 0.1) is 5.92 Å². The highest BCUT2D eigenvalue weighted by Gasteiger charge is 2.19. The largest absolute Gasteiger partial charge is 0.339 e. The Hall–Kier alpha value is -0.610. The van der Waals surface area contributed by atoms with Gasteiger partial charge in [0.05, 0.1) is 6.54 Å². The summed E-state index contributed by atoms with van der Waals surface area (Å²) in [5.41, 5.74) is 0. The van der Waals surface area contributed by atoms with E-state index < -0.39 is 0 Å². The summed E-state index contributed by atoms with van der Waals surface area (Å²) >= 11 is 0. The van der Waals surface area contributed by atoms with Gasteiger partial charge in [-0.1, -0.05) is 12.8 Å². The van der Waals surface area contributed by atoms with E-state index in [-0.39, 0.29) is 5.91 Å². The topological polar surface area (TPSA) is 35.6 Å². The Kier molecular flexibility index (Phi) is 4.80. The van der Waals surface area contributed by atoms with Crippen LogP contribution >= 0.6 is 0 Å². The first-order valence-corrected chi connectivity index (χ1v) is 6.93. The van der Waals surface area contributed by atoms with E-state index in [0.717, 1.165) is 38.6 Å². The van der Waals surface area contributed by atoms with E-state index in [4.69, 9.17) is 0 Å². The van der Waals surface area contributed by atoms with E-state index in [1.54, 1.807) is 0 Å². The van der Waals surface area contributed by atoms with Gasteiger partial charge in [-0.05, 0) is 32.4 Å². The van der Waals surface area contributed by atoms with Crippen LogP contribution in [0.4, 0.5) is 0 Å². The Morgan fingerprint density at radius 3 is 2.47 bits per heavy atom. The molecule has 2 rings (SSSR count). The average Bonchev–Trinajstić information content (AvgIpc) is 2.83. The van der Waals surface area contributed by atoms with Crippen molar-refractivity contribution in [2.45, 2.75) is 25.7 Å². The third kappa shape index (κ3) is 3.96. The zero-order valence-electron chi connectivity index (χ0n) is 11.0. The molecule has 1 saturated heterocycles. The summed E-state index contributed by atoms with van der Waals surface area (Å²) in [7, 11) is 2.11. The van der Waals surface area contributed by atoms with E-state index >= 15 is 0 Å². The highest BCUT2D eigenvalue weighted by molar-refractivity contribution is 5.78. The Morgan fingerprint density at radius 1 is 1.18 bits per heavy atom. The first kappa shape index (κ1) is 12.8. The minimum atomic E-state index is 0.274. The molecule has 2 fully saturated rings. The van der Waals surface area contributed by atoms with Crippen LogP contribution in [-0.4, -0.2) is 62.0 Å². The molecule has 4 nitrogen and oxygen atoms in total. The molecule has 4 heteroatoms. The molecule has 2 aliphatic rings. The third-order valence-corrected chi connectivity index (χ3v) is 4.04. The molecule has 98 valence electrons. The Bertz CT molecular complexity index is 243. The number of amides is 1. The van der Waals surface area contributed by atoms with Gasteiger partial charge in [-0.3, -0.25) is 4.79 Å². The van der Waals surface area contributed by atoms with Gasteiger partial charge in [0.15, 0.2) is 0 Å². The van der Waals surface area contributed by atoms with Crippen molar-refractivity contribution in [3.05, 3.63) is 0 Å². The first-order valence-electron chi connectivity index (χ1n) is 6.93. The second kappa shape index (κ2) is 6.36. The second-order valence-electron chi connectivity index (χ2n) is 5.47. The van der Waals surface area contributed by atoms with Crippen molar-refractivity contribution in [1.82, 2.24) is 15.1 Å². The van der Waals surface area contributed by atoms with Crippen LogP contribution in [0.2, 0.25) is 0 Å². The smallest absolute Gasteiger partial charge is 0.236 e. The summed E-state index contributed by atoms with van der Waals surface area (Å²) in [6.07, 6.45) is 5.43. The molecule has 0 radical (unpaired) electrons. The Morgan fingerprint density at radius 2 is 1.82 bits per heavy atom. The van der Waals surface area contributed by atoms with Gasteiger partial charge in [0, 0.05) is 26.2 Å². The van der Waals surface area contributed by atoms with E-state index in [9.17, 15) is 4.79 Å². The van der Waals surface area contributed by atoms with E-state index in [1.165, 1.54) is 25.7 Å². The molecule has 1 heterocycles. The predicted molar refractivity (Wildman–Crippen MR) is 68.9 cm³/mol. The van der Waals surface area contributed by atoms with Crippen LogP contribution in [-0.2, 0) is 4.79 Å². The van der Waals surface area contributed by atoms with Crippen LogP contribution in [0.1, 0.15) is 25.7 Å². The molecule has 0 unspecified atom stereocenters. The van der Waals surface area contributed by atoms with Crippen LogP contribution in [0.15, 0.2) is 0 Å². The molecule has 1 saturated carbocycles. The highest BCUT2D eigenvalue weighted by Crippen LogP contribution is 2.23. The van der Waals surface area contributed by atoms with Crippen LogP contribution in [0.3, 0.4) is 0 Å². The van der Waals surface area contributed by atoms with Gasteiger partial charge in [-0.15, -0.1) is 0 Å². The SMILES string of the molecule is CN1CCN(C(=O)CNCC2CCCC2)CC1. The van der Waals surface area contributed by atoms with Crippen molar-refractivity contribution in [3.8, 4) is 0 Å². The number of carbonyl (C=O) groups excluding carboxylic acids is 1. The summed E-state index contributed by atoms with van der Waals surface area (Å²) in [6.45, 7) is 5.35. The molecule has 1 N–H and O–H groups in total. The fourth-order valence-electron chi connectivity index (χ4n) is 2.77. The van der Waals surface area contributed by atoms with Gasteiger partial charge in [0.1, 0.15) is 0 Å². The maximum Gasteiger partial charge on any atom is 0.236 e. The van der Waals surface area contributed by atoms with Gasteiger partial charge in [-0.25, -0.2) is 0 Å². The molecule has 0 aromatic carbocycles. The zero-order chi connectivity index (χ0) is 12.1. The zero-order valence-corrected chi connectivity index (χ0v) is 11.0. The number of nitrogens with zero attached hydrogens (tertiary/aromatic N) is 2. The molecule has 17 heavy (non-hydrogen) atoms. The number of piperazine rings is 1. The minimum absolute atomic E-state index is 0.274. The molecule has 1 amide bonds. The number of nitrogens with one attached hydrogen (secondary N) is 1. The van der Waals surface area contributed by atoms with Gasteiger partial charge in [0.25, 0.3) is 0 Å². The molecular formula is C13H25N3O. The number of hydrogen-bond acceptors (Lipinski definition) is 3. The summed E-state index contributed by atoms with van der Waals surface area (Å²) < 4.78 is 0. The summed E-state index contributed by atoms with van der Waals surface area (Å²) in [4.78, 5) is 16.2. The lowest BCUT2D eigenvalue weighted by Gasteiger charge is -2.32. The minimum Gasteiger partial charge on any atom is -0.339 e. The number of rotatable bonds is 4. The predicted octanol–water partition coefficient (Wildman–Crippen LogP) is 0.540. The van der Waals surface area contributed by atoms with E-state index in [2.05, 4.69) is 17.3 Å². The Labute approximate surface area is 104 Å². The maximum atomic E-state index is 11.9. The normalized spacial score (nSPS) is 23.2. The highest BCUT2D eigenvalue weighted by atomic mass is 16.2. The fourth-order valence-corrected chi connectivity index (χ4v) is 2.77. The molecule has 0 atom stereocenters. The molecule has 1 aliphatic heterocycles. The Balaban J connectivity index is 1.60. The van der Waals surface area contributed by atoms with Gasteiger partial charge >= 0.3 is 0 Å². The quantitative estimate of drug-likeness (QED) is 0.778. The van der Waals surface area contributed by atoms with Crippen molar-refractivity contribution >= 4 is 5.91 Å². The van der Waals surface area contributed by atoms with E-state index in [0.29, 0.717) is 6.54 Å². The van der Waals surface area contributed by atoms with Crippen molar-refractivity contribution in [3.63, 3.8) is 0 Å². The summed E-state index contributed by atoms with van der Waals surface area (Å²) in [5.74, 6) is 1.09. The molecule has 0 bridgehead atoms. The van der Waals surface area contributed by atoms with Gasteiger partial charge in [-0.2, -0.15) is 0 Å². The fraction of sp³-hybridized carbons (Fsp3) is 0.923. The molecular weight excluding hydrogens is 214 g/mol. The van der Waals surface area contributed by atoms with Crippen molar-refractivity contribution in [1.29, 1.82) is 0 Å². The average molecular weight is 239 g/mol. The van der Waals surface area contributed by atoms with Crippen molar-refractivity contribution in [2.24, 2.45) is 5.92 Å². The monoisotopic (exact) mass is 239 g/mol. The van der Waals surface area contributed by atoms with Crippen LogP contribution in [0.5, 0.6) is 0 Å². The molecule has 0 spiro atoms. The van der Waals surface area contributed by atoms with Crippen molar-refractivity contribution in [2.75, 3.05) is 46.3 Å². The lowest BCUT2D eigenvalue weighted by Crippen LogP contribution is -2.49. The lowest BCUT2D eigenvalue weighted by atomic mass is 10.1. The maximum absolute atomic E-state index is 11.9. The number of hydrogen-bond donors (Lipinski definition) is 1. The van der Waals surface area contributed by atoms with Crippen LogP contribution < -0.4 is 5.32 Å². The molecule has 1 aliphatic carbocycles. The summed E-state index contributed by atoms with van der Waals surface area (Å²) in [6, 6.07) is 0. The molecule has 0 aromatic rings. The standard InChI is InChI=1S/C13H25N3O/c1-15-6-8-16(9-7-15)13(17)11-14-10-12-4-2-3-5-12/h12,14H,2-11H2,1H3. The summed E-state index contributed by atoms with van der Waals surface area (Å²) in [5, 5.41) is 3.33. The van der Waals surface area contributed by atoms with E-state index in [1.807, 2.05) is 4.90 Å². The van der Waals surface area contributed by atoms with Gasteiger partial charge < -0.3 is 15.1 Å². The third-order valence-electron chi connectivity index (χ3n) is 4.04.